The van der Waals surface area contributed by atoms with Gasteiger partial charge in [-0.3, -0.25) is 0 Å². The summed E-state index contributed by atoms with van der Waals surface area (Å²) in [5.41, 5.74) is 6.68. The fourth-order valence-corrected chi connectivity index (χ4v) is 5.73. The highest BCUT2D eigenvalue weighted by atomic mass is 79.9. The smallest absolute Gasteiger partial charge is 0.150 e. The molecule has 138 valence electrons. The monoisotopic (exact) mass is 434 g/mol. The second-order valence-electron chi connectivity index (χ2n) is 7.27. The molecule has 2 aliphatic rings. The van der Waals surface area contributed by atoms with Gasteiger partial charge in [0, 0.05) is 5.33 Å². The lowest BCUT2D eigenvalue weighted by atomic mass is 9.95. The number of rotatable bonds is 3. The minimum atomic E-state index is -2.85. The van der Waals surface area contributed by atoms with E-state index in [-0.39, 0.29) is 17.6 Å². The van der Waals surface area contributed by atoms with E-state index < -0.39 is 9.84 Å². The number of fused-ring (bicyclic) bond motifs is 3. The van der Waals surface area contributed by atoms with Crippen molar-refractivity contribution < 1.29 is 13.2 Å². The van der Waals surface area contributed by atoms with Crippen molar-refractivity contribution in [2.75, 3.05) is 11.5 Å². The highest BCUT2D eigenvalue weighted by Gasteiger charge is 2.25. The van der Waals surface area contributed by atoms with Gasteiger partial charge in [-0.25, -0.2) is 8.42 Å². The van der Waals surface area contributed by atoms with Crippen LogP contribution in [-0.2, 0) is 28.0 Å². The van der Waals surface area contributed by atoms with E-state index in [1.165, 1.54) is 27.8 Å². The third-order valence-corrected chi connectivity index (χ3v) is 7.76. The Hall–Kier alpha value is -1.33. The Morgan fingerprint density at radius 3 is 2.50 bits per heavy atom. The van der Waals surface area contributed by atoms with E-state index in [4.69, 9.17) is 4.74 Å². The number of benzene rings is 2. The lowest BCUT2D eigenvalue weighted by Gasteiger charge is -2.24. The summed E-state index contributed by atoms with van der Waals surface area (Å²) in [5.74, 6) is 1.35. The molecule has 4 rings (SSSR count). The Kier molecular flexibility index (Phi) is 5.11. The maximum atomic E-state index is 11.6. The second kappa shape index (κ2) is 7.35. The van der Waals surface area contributed by atoms with E-state index in [0.29, 0.717) is 12.8 Å². The van der Waals surface area contributed by atoms with Gasteiger partial charge in [0.25, 0.3) is 0 Å². The maximum absolute atomic E-state index is 11.6. The standard InChI is InChI=1S/C21H23BrO3S/c22-14-15-4-5-16-2-1-3-17-13-19(6-7-20(17)21(16)12-15)25-18-8-10-26(23,24)11-9-18/h4-7,12-13,18H,1-3,8-11,14H2. The Labute approximate surface area is 163 Å². The van der Waals surface area contributed by atoms with Gasteiger partial charge < -0.3 is 4.74 Å². The number of aryl methyl sites for hydroxylation is 2. The summed E-state index contributed by atoms with van der Waals surface area (Å²) in [4.78, 5) is 0. The fraction of sp³-hybridized carbons (Fsp3) is 0.429. The first kappa shape index (κ1) is 18.1. The van der Waals surface area contributed by atoms with Crippen molar-refractivity contribution in [3.05, 3.63) is 53.1 Å². The highest BCUT2D eigenvalue weighted by molar-refractivity contribution is 9.08. The molecule has 0 bridgehead atoms. The van der Waals surface area contributed by atoms with Crippen LogP contribution in [-0.4, -0.2) is 26.0 Å². The zero-order valence-corrected chi connectivity index (χ0v) is 17.1. The summed E-state index contributed by atoms with van der Waals surface area (Å²) in [7, 11) is -2.85. The van der Waals surface area contributed by atoms with Gasteiger partial charge in [0.15, 0.2) is 9.84 Å². The molecule has 2 aromatic carbocycles. The molecule has 0 atom stereocenters. The van der Waals surface area contributed by atoms with Crippen molar-refractivity contribution in [2.45, 2.75) is 43.5 Å². The summed E-state index contributed by atoms with van der Waals surface area (Å²) >= 11 is 3.56. The van der Waals surface area contributed by atoms with Gasteiger partial charge in [0.2, 0.25) is 0 Å². The topological polar surface area (TPSA) is 43.4 Å². The van der Waals surface area contributed by atoms with Crippen molar-refractivity contribution >= 4 is 25.8 Å². The van der Waals surface area contributed by atoms with E-state index in [9.17, 15) is 8.42 Å². The summed E-state index contributed by atoms with van der Waals surface area (Å²) in [5, 5.41) is 0.862. The molecule has 0 saturated carbocycles. The van der Waals surface area contributed by atoms with Crippen LogP contribution in [0.5, 0.6) is 5.75 Å². The van der Waals surface area contributed by atoms with E-state index >= 15 is 0 Å². The molecule has 1 saturated heterocycles. The van der Waals surface area contributed by atoms with E-state index in [0.717, 1.165) is 30.3 Å². The molecule has 5 heteroatoms. The molecular formula is C21H23BrO3S. The molecule has 0 unspecified atom stereocenters. The number of halogens is 1. The first-order valence-corrected chi connectivity index (χ1v) is 12.2. The lowest BCUT2D eigenvalue weighted by Crippen LogP contribution is -2.30. The Bertz CT molecular complexity index is 907. The molecule has 0 spiro atoms. The van der Waals surface area contributed by atoms with Gasteiger partial charge in [-0.1, -0.05) is 40.2 Å². The Morgan fingerprint density at radius 2 is 1.73 bits per heavy atom. The molecule has 1 aliphatic carbocycles. The summed E-state index contributed by atoms with van der Waals surface area (Å²) in [6.45, 7) is 0. The van der Waals surface area contributed by atoms with Gasteiger partial charge in [0.05, 0.1) is 11.5 Å². The molecule has 26 heavy (non-hydrogen) atoms. The van der Waals surface area contributed by atoms with Crippen molar-refractivity contribution in [3.8, 4) is 16.9 Å². The average Bonchev–Trinajstić information content (AvgIpc) is 2.81. The molecule has 3 nitrogen and oxygen atoms in total. The first-order valence-electron chi connectivity index (χ1n) is 9.22. The third kappa shape index (κ3) is 3.84. The molecule has 0 aromatic heterocycles. The van der Waals surface area contributed by atoms with Crippen molar-refractivity contribution in [2.24, 2.45) is 0 Å². The van der Waals surface area contributed by atoms with E-state index in [1.807, 2.05) is 6.07 Å². The zero-order valence-electron chi connectivity index (χ0n) is 14.7. The Balaban J connectivity index is 1.60. The molecule has 2 aromatic rings. The molecule has 0 radical (unpaired) electrons. The predicted molar refractivity (Wildman–Crippen MR) is 109 cm³/mol. The molecule has 1 aliphatic heterocycles. The van der Waals surface area contributed by atoms with Gasteiger partial charge >= 0.3 is 0 Å². The van der Waals surface area contributed by atoms with Crippen LogP contribution in [0.1, 0.15) is 36.0 Å². The SMILES string of the molecule is O=S1(=O)CCC(Oc2ccc3c(c2)CCCc2ccc(CBr)cc2-3)CC1. The van der Waals surface area contributed by atoms with E-state index in [1.54, 1.807) is 0 Å². The number of hydrogen-bond donors (Lipinski definition) is 0. The molecular weight excluding hydrogens is 412 g/mol. The van der Waals surface area contributed by atoms with Crippen molar-refractivity contribution in [1.82, 2.24) is 0 Å². The van der Waals surface area contributed by atoms with Gasteiger partial charge in [-0.15, -0.1) is 0 Å². The van der Waals surface area contributed by atoms with Gasteiger partial charge in [-0.2, -0.15) is 0 Å². The van der Waals surface area contributed by atoms with Crippen LogP contribution in [0.25, 0.3) is 11.1 Å². The van der Waals surface area contributed by atoms with Crippen molar-refractivity contribution in [3.63, 3.8) is 0 Å². The van der Waals surface area contributed by atoms with E-state index in [2.05, 4.69) is 46.3 Å². The fourth-order valence-electron chi connectivity index (χ4n) is 3.94. The summed E-state index contributed by atoms with van der Waals surface area (Å²) in [6.07, 6.45) is 4.48. The zero-order chi connectivity index (χ0) is 18.1. The number of hydrogen-bond acceptors (Lipinski definition) is 3. The summed E-state index contributed by atoms with van der Waals surface area (Å²) < 4.78 is 29.3. The second-order valence-corrected chi connectivity index (χ2v) is 10.1. The molecule has 1 fully saturated rings. The minimum Gasteiger partial charge on any atom is -0.490 e. The minimum absolute atomic E-state index is 0.00893. The average molecular weight is 435 g/mol. The van der Waals surface area contributed by atoms with Gasteiger partial charge in [-0.05, 0) is 72.1 Å². The molecule has 1 heterocycles. The lowest BCUT2D eigenvalue weighted by molar-refractivity contribution is 0.189. The van der Waals surface area contributed by atoms with Crippen LogP contribution >= 0.6 is 15.9 Å². The predicted octanol–water partition coefficient (Wildman–Crippen LogP) is 4.69. The number of sulfone groups is 1. The van der Waals surface area contributed by atoms with Gasteiger partial charge in [0.1, 0.15) is 11.9 Å². The summed E-state index contributed by atoms with van der Waals surface area (Å²) in [6, 6.07) is 13.1. The molecule has 0 amide bonds. The Morgan fingerprint density at radius 1 is 0.962 bits per heavy atom. The molecule has 0 N–H and O–H groups in total. The van der Waals surface area contributed by atoms with Crippen LogP contribution in [0, 0.1) is 0 Å². The largest absolute Gasteiger partial charge is 0.490 e. The van der Waals surface area contributed by atoms with Crippen molar-refractivity contribution in [1.29, 1.82) is 0 Å². The van der Waals surface area contributed by atoms with Crippen LogP contribution in [0.15, 0.2) is 36.4 Å². The third-order valence-electron chi connectivity index (χ3n) is 5.39. The van der Waals surface area contributed by atoms with Crippen LogP contribution in [0.4, 0.5) is 0 Å². The first-order chi connectivity index (χ1) is 12.5. The van der Waals surface area contributed by atoms with Crippen LogP contribution in [0.2, 0.25) is 0 Å². The van der Waals surface area contributed by atoms with Crippen LogP contribution < -0.4 is 4.74 Å². The van der Waals surface area contributed by atoms with Crippen LogP contribution in [0.3, 0.4) is 0 Å². The number of ether oxygens (including phenoxy) is 1. The normalized spacial score (nSPS) is 19.3. The maximum Gasteiger partial charge on any atom is 0.150 e. The highest BCUT2D eigenvalue weighted by Crippen LogP contribution is 2.36. The quantitative estimate of drug-likeness (QED) is 0.657. The number of alkyl halides is 1.